The first-order valence-corrected chi connectivity index (χ1v) is 10.8. The summed E-state index contributed by atoms with van der Waals surface area (Å²) in [7, 11) is 0. The van der Waals surface area contributed by atoms with Gasteiger partial charge in [0.1, 0.15) is 0 Å². The molecule has 0 amide bonds. The van der Waals surface area contributed by atoms with Gasteiger partial charge in [-0.1, -0.05) is 103 Å². The van der Waals surface area contributed by atoms with E-state index < -0.39 is 6.10 Å². The van der Waals surface area contributed by atoms with E-state index in [4.69, 9.17) is 5.11 Å². The maximum absolute atomic E-state index is 9.18. The minimum absolute atomic E-state index is 0.147. The van der Waals surface area contributed by atoms with Crippen molar-refractivity contribution in [2.75, 3.05) is 19.7 Å². The maximum atomic E-state index is 9.18. The predicted molar refractivity (Wildman–Crippen MR) is 106 cm³/mol. The lowest BCUT2D eigenvalue weighted by Gasteiger charge is -2.08. The van der Waals surface area contributed by atoms with Crippen molar-refractivity contribution in [3.63, 3.8) is 0 Å². The summed E-state index contributed by atoms with van der Waals surface area (Å²) in [4.78, 5) is 0. The van der Waals surface area contributed by atoms with E-state index in [1.54, 1.807) is 0 Å². The molecule has 24 heavy (non-hydrogen) atoms. The van der Waals surface area contributed by atoms with E-state index in [1.807, 2.05) is 0 Å². The third kappa shape index (κ3) is 19.9. The van der Waals surface area contributed by atoms with Crippen LogP contribution in [-0.4, -0.2) is 36.0 Å². The predicted octanol–water partition coefficient (Wildman–Crippen LogP) is 5.19. The highest BCUT2D eigenvalue weighted by atomic mass is 16.3. The SMILES string of the molecule is CCCCCCCCCCCCCCCCCCNC[C@@H](O)CO. The lowest BCUT2D eigenvalue weighted by Crippen LogP contribution is -2.29. The standard InChI is InChI=1S/C21H45NO2/c1-2-3-4-5-6-7-8-9-10-11-12-13-14-15-16-17-18-22-19-21(24)20-23/h21-24H,2-20H2,1H3/t21-/m1/s1. The van der Waals surface area contributed by atoms with Gasteiger partial charge in [-0.2, -0.15) is 0 Å². The van der Waals surface area contributed by atoms with Crippen LogP contribution in [0.3, 0.4) is 0 Å². The molecule has 3 N–H and O–H groups in total. The number of rotatable bonds is 20. The molecule has 0 spiro atoms. The van der Waals surface area contributed by atoms with Crippen LogP contribution in [0.4, 0.5) is 0 Å². The second kappa shape index (κ2) is 20.9. The highest BCUT2D eigenvalue weighted by Gasteiger charge is 1.99. The molecule has 3 heteroatoms. The Kier molecular flexibility index (Phi) is 20.8. The summed E-state index contributed by atoms with van der Waals surface area (Å²) >= 11 is 0. The number of aliphatic hydroxyl groups excluding tert-OH is 2. The molecule has 0 radical (unpaired) electrons. The summed E-state index contributed by atoms with van der Waals surface area (Å²) < 4.78 is 0. The van der Waals surface area contributed by atoms with Gasteiger partial charge in [0, 0.05) is 6.54 Å². The van der Waals surface area contributed by atoms with Crippen molar-refractivity contribution in [1.29, 1.82) is 0 Å². The zero-order chi connectivity index (χ0) is 17.7. The molecule has 0 saturated heterocycles. The average Bonchev–Trinajstić information content (AvgIpc) is 2.60. The summed E-state index contributed by atoms with van der Waals surface area (Å²) in [5, 5.41) is 21.0. The monoisotopic (exact) mass is 343 g/mol. The zero-order valence-electron chi connectivity index (χ0n) is 16.4. The van der Waals surface area contributed by atoms with Gasteiger partial charge in [-0.25, -0.2) is 0 Å². The summed E-state index contributed by atoms with van der Waals surface area (Å²) in [5.74, 6) is 0. The molecule has 0 aliphatic heterocycles. The quantitative estimate of drug-likeness (QED) is 0.267. The molecule has 0 saturated carbocycles. The highest BCUT2D eigenvalue weighted by molar-refractivity contribution is 4.57. The van der Waals surface area contributed by atoms with Crippen LogP contribution >= 0.6 is 0 Å². The number of hydrogen-bond acceptors (Lipinski definition) is 3. The summed E-state index contributed by atoms with van der Waals surface area (Å²) in [6, 6.07) is 0. The Hall–Kier alpha value is -0.120. The second-order valence-corrected chi connectivity index (χ2v) is 7.34. The second-order valence-electron chi connectivity index (χ2n) is 7.34. The van der Waals surface area contributed by atoms with E-state index in [9.17, 15) is 5.11 Å². The molecule has 0 heterocycles. The summed E-state index contributed by atoms with van der Waals surface area (Å²) in [6.07, 6.45) is 21.7. The largest absolute Gasteiger partial charge is 0.394 e. The van der Waals surface area contributed by atoms with E-state index in [0.29, 0.717) is 6.54 Å². The van der Waals surface area contributed by atoms with E-state index >= 15 is 0 Å². The van der Waals surface area contributed by atoms with Gasteiger partial charge < -0.3 is 15.5 Å². The highest BCUT2D eigenvalue weighted by Crippen LogP contribution is 2.13. The van der Waals surface area contributed by atoms with Gasteiger partial charge in [0.2, 0.25) is 0 Å². The number of unbranched alkanes of at least 4 members (excludes halogenated alkanes) is 15. The normalized spacial score (nSPS) is 12.6. The molecule has 0 fully saturated rings. The molecule has 0 rings (SSSR count). The molecule has 0 aliphatic carbocycles. The van der Waals surface area contributed by atoms with Crippen LogP contribution in [0.1, 0.15) is 110 Å². The summed E-state index contributed by atoms with van der Waals surface area (Å²) in [6.45, 7) is 3.60. The molecule has 0 aromatic heterocycles. The molecular weight excluding hydrogens is 298 g/mol. The van der Waals surface area contributed by atoms with Crippen molar-refractivity contribution in [2.45, 2.75) is 116 Å². The Morgan fingerprint density at radius 2 is 1.00 bits per heavy atom. The van der Waals surface area contributed by atoms with Gasteiger partial charge in [0.05, 0.1) is 12.7 Å². The third-order valence-electron chi connectivity index (χ3n) is 4.80. The molecule has 0 unspecified atom stereocenters. The zero-order valence-corrected chi connectivity index (χ0v) is 16.4. The molecule has 0 aliphatic rings. The van der Waals surface area contributed by atoms with Crippen LogP contribution in [0, 0.1) is 0 Å². The minimum atomic E-state index is -0.606. The fraction of sp³-hybridized carbons (Fsp3) is 1.00. The van der Waals surface area contributed by atoms with E-state index in [0.717, 1.165) is 6.54 Å². The molecule has 0 aromatic carbocycles. The number of nitrogens with one attached hydrogen (secondary N) is 1. The molecule has 0 aromatic rings. The fourth-order valence-electron chi connectivity index (χ4n) is 3.13. The van der Waals surface area contributed by atoms with Gasteiger partial charge in [-0.05, 0) is 13.0 Å². The Morgan fingerprint density at radius 3 is 1.38 bits per heavy atom. The Balaban J connectivity index is 2.98. The van der Waals surface area contributed by atoms with Crippen LogP contribution in [0.15, 0.2) is 0 Å². The van der Waals surface area contributed by atoms with E-state index in [-0.39, 0.29) is 6.61 Å². The summed E-state index contributed by atoms with van der Waals surface area (Å²) in [5.41, 5.74) is 0. The van der Waals surface area contributed by atoms with Gasteiger partial charge in [-0.15, -0.1) is 0 Å². The first-order chi connectivity index (χ1) is 11.8. The van der Waals surface area contributed by atoms with Crippen molar-refractivity contribution in [3.8, 4) is 0 Å². The first kappa shape index (κ1) is 23.9. The number of hydrogen-bond donors (Lipinski definition) is 3. The third-order valence-corrected chi connectivity index (χ3v) is 4.80. The van der Waals surface area contributed by atoms with Crippen LogP contribution in [0.5, 0.6) is 0 Å². The topological polar surface area (TPSA) is 52.5 Å². The first-order valence-electron chi connectivity index (χ1n) is 10.8. The Labute approximate surface area is 151 Å². The molecule has 146 valence electrons. The minimum Gasteiger partial charge on any atom is -0.394 e. The van der Waals surface area contributed by atoms with Crippen LogP contribution in [-0.2, 0) is 0 Å². The van der Waals surface area contributed by atoms with Crippen molar-refractivity contribution >= 4 is 0 Å². The van der Waals surface area contributed by atoms with Crippen molar-refractivity contribution in [2.24, 2.45) is 0 Å². The van der Waals surface area contributed by atoms with Crippen LogP contribution in [0.25, 0.3) is 0 Å². The van der Waals surface area contributed by atoms with E-state index in [2.05, 4.69) is 12.2 Å². The lowest BCUT2D eigenvalue weighted by atomic mass is 10.0. The maximum Gasteiger partial charge on any atom is 0.0894 e. The van der Waals surface area contributed by atoms with Gasteiger partial charge in [0.15, 0.2) is 0 Å². The van der Waals surface area contributed by atoms with Crippen LogP contribution in [0.2, 0.25) is 0 Å². The van der Waals surface area contributed by atoms with Crippen molar-refractivity contribution in [3.05, 3.63) is 0 Å². The van der Waals surface area contributed by atoms with E-state index in [1.165, 1.54) is 103 Å². The Bertz CT molecular complexity index is 224. The van der Waals surface area contributed by atoms with Gasteiger partial charge in [0.25, 0.3) is 0 Å². The van der Waals surface area contributed by atoms with Crippen molar-refractivity contribution in [1.82, 2.24) is 5.32 Å². The average molecular weight is 344 g/mol. The number of aliphatic hydroxyl groups is 2. The fourth-order valence-corrected chi connectivity index (χ4v) is 3.13. The smallest absolute Gasteiger partial charge is 0.0894 e. The van der Waals surface area contributed by atoms with Crippen molar-refractivity contribution < 1.29 is 10.2 Å². The van der Waals surface area contributed by atoms with Crippen LogP contribution < -0.4 is 5.32 Å². The van der Waals surface area contributed by atoms with Gasteiger partial charge >= 0.3 is 0 Å². The molecule has 3 nitrogen and oxygen atoms in total. The Morgan fingerprint density at radius 1 is 0.625 bits per heavy atom. The lowest BCUT2D eigenvalue weighted by molar-refractivity contribution is 0.0945. The molecule has 0 bridgehead atoms. The van der Waals surface area contributed by atoms with Gasteiger partial charge in [-0.3, -0.25) is 0 Å². The molecular formula is C21H45NO2. The molecule has 1 atom stereocenters.